The first-order valence-electron chi connectivity index (χ1n) is 6.37. The van der Waals surface area contributed by atoms with Gasteiger partial charge in [-0.2, -0.15) is 5.10 Å². The minimum atomic E-state index is -2.99. The predicted molar refractivity (Wildman–Crippen MR) is 76.8 cm³/mol. The van der Waals surface area contributed by atoms with Crippen LogP contribution >= 0.6 is 0 Å². The molecule has 2 aromatic rings. The lowest BCUT2D eigenvalue weighted by molar-refractivity contribution is 0.329. The van der Waals surface area contributed by atoms with E-state index in [-0.39, 0.29) is 11.5 Å². The number of nitrogens with zero attached hydrogens (tertiary/aromatic N) is 3. The van der Waals surface area contributed by atoms with E-state index in [9.17, 15) is 8.42 Å². The molecule has 0 spiro atoms. The Labute approximate surface area is 117 Å². The highest BCUT2D eigenvalue weighted by atomic mass is 32.2. The van der Waals surface area contributed by atoms with E-state index in [2.05, 4.69) is 10.1 Å². The SMILES string of the molecule is CC1(n2cc(N)c(-c3ccccn3)n2)CCS(=O)(=O)C1. The molecule has 0 radical (unpaired) electrons. The first kappa shape index (κ1) is 13.1. The maximum atomic E-state index is 11.7. The van der Waals surface area contributed by atoms with Crippen LogP contribution in [0.5, 0.6) is 0 Å². The van der Waals surface area contributed by atoms with Crippen LogP contribution in [0.1, 0.15) is 13.3 Å². The van der Waals surface area contributed by atoms with E-state index in [0.717, 1.165) is 0 Å². The van der Waals surface area contributed by atoms with Crippen molar-refractivity contribution in [2.75, 3.05) is 17.2 Å². The number of hydrogen-bond donors (Lipinski definition) is 1. The highest BCUT2D eigenvalue weighted by Crippen LogP contribution is 2.33. The summed E-state index contributed by atoms with van der Waals surface area (Å²) in [5, 5.41) is 4.46. The van der Waals surface area contributed by atoms with Crippen LogP contribution in [0.15, 0.2) is 30.6 Å². The average Bonchev–Trinajstić information content (AvgIpc) is 2.92. The molecule has 2 N–H and O–H groups in total. The molecule has 6 nitrogen and oxygen atoms in total. The van der Waals surface area contributed by atoms with Gasteiger partial charge in [0.2, 0.25) is 0 Å². The summed E-state index contributed by atoms with van der Waals surface area (Å²) in [4.78, 5) is 4.23. The average molecular weight is 292 g/mol. The summed E-state index contributed by atoms with van der Waals surface area (Å²) < 4.78 is 25.1. The van der Waals surface area contributed by atoms with E-state index in [1.165, 1.54) is 0 Å². The van der Waals surface area contributed by atoms with Crippen LogP contribution in [0.4, 0.5) is 5.69 Å². The molecular formula is C13H16N4O2S. The zero-order valence-corrected chi connectivity index (χ0v) is 12.0. The van der Waals surface area contributed by atoms with Gasteiger partial charge in [-0.15, -0.1) is 0 Å². The van der Waals surface area contributed by atoms with Gasteiger partial charge in [0.15, 0.2) is 9.84 Å². The van der Waals surface area contributed by atoms with E-state index >= 15 is 0 Å². The summed E-state index contributed by atoms with van der Waals surface area (Å²) in [7, 11) is -2.99. The summed E-state index contributed by atoms with van der Waals surface area (Å²) in [6, 6.07) is 5.51. The Kier molecular flexibility index (Phi) is 2.82. The van der Waals surface area contributed by atoms with E-state index in [0.29, 0.717) is 23.5 Å². The fraction of sp³-hybridized carbons (Fsp3) is 0.385. The molecule has 1 aliphatic rings. The lowest BCUT2D eigenvalue weighted by atomic mass is 10.0. The number of sulfone groups is 1. The van der Waals surface area contributed by atoms with Gasteiger partial charge in [0, 0.05) is 12.4 Å². The van der Waals surface area contributed by atoms with Gasteiger partial charge >= 0.3 is 0 Å². The van der Waals surface area contributed by atoms with Gasteiger partial charge < -0.3 is 5.73 Å². The first-order valence-corrected chi connectivity index (χ1v) is 8.19. The van der Waals surface area contributed by atoms with Crippen molar-refractivity contribution in [3.63, 3.8) is 0 Å². The number of nitrogen functional groups attached to an aromatic ring is 1. The smallest absolute Gasteiger partial charge is 0.152 e. The number of nitrogens with two attached hydrogens (primary N) is 1. The summed E-state index contributed by atoms with van der Waals surface area (Å²) in [6.07, 6.45) is 3.93. The predicted octanol–water partition coefficient (Wildman–Crippen LogP) is 1.06. The van der Waals surface area contributed by atoms with Crippen molar-refractivity contribution >= 4 is 15.5 Å². The maximum absolute atomic E-state index is 11.7. The molecule has 1 saturated heterocycles. The Hall–Kier alpha value is -1.89. The summed E-state index contributed by atoms with van der Waals surface area (Å²) in [6.45, 7) is 1.90. The third-order valence-electron chi connectivity index (χ3n) is 3.69. The van der Waals surface area contributed by atoms with Gasteiger partial charge in [0.1, 0.15) is 5.69 Å². The zero-order valence-electron chi connectivity index (χ0n) is 11.2. The molecule has 2 aromatic heterocycles. The molecule has 0 aliphatic carbocycles. The van der Waals surface area contributed by atoms with Gasteiger partial charge in [-0.1, -0.05) is 6.07 Å². The van der Waals surface area contributed by atoms with Crippen LogP contribution in [0, 0.1) is 0 Å². The molecule has 1 unspecified atom stereocenters. The van der Waals surface area contributed by atoms with Crippen molar-refractivity contribution in [1.82, 2.24) is 14.8 Å². The minimum absolute atomic E-state index is 0.1000. The second kappa shape index (κ2) is 4.31. The summed E-state index contributed by atoms with van der Waals surface area (Å²) in [5.74, 6) is 0.297. The monoisotopic (exact) mass is 292 g/mol. The van der Waals surface area contributed by atoms with Gasteiger partial charge in [0.25, 0.3) is 0 Å². The van der Waals surface area contributed by atoms with E-state index in [1.807, 2.05) is 25.1 Å². The van der Waals surface area contributed by atoms with Crippen LogP contribution in [0.2, 0.25) is 0 Å². The summed E-state index contributed by atoms with van der Waals surface area (Å²) in [5.41, 5.74) is 7.26. The molecule has 1 aliphatic heterocycles. The highest BCUT2D eigenvalue weighted by molar-refractivity contribution is 7.91. The van der Waals surface area contributed by atoms with Gasteiger partial charge in [0.05, 0.1) is 28.4 Å². The van der Waals surface area contributed by atoms with Crippen LogP contribution in [-0.4, -0.2) is 34.7 Å². The van der Waals surface area contributed by atoms with Crippen molar-refractivity contribution in [2.45, 2.75) is 18.9 Å². The standard InChI is InChI=1S/C13H16N4O2S/c1-13(5-7-20(18,19)9-13)17-8-10(14)12(16-17)11-4-2-3-6-15-11/h2-4,6,8H,5,7,9,14H2,1H3. The Morgan fingerprint density at radius 2 is 2.20 bits per heavy atom. The van der Waals surface area contributed by atoms with Gasteiger partial charge in [-0.25, -0.2) is 8.42 Å². The van der Waals surface area contributed by atoms with Crippen molar-refractivity contribution in [3.8, 4) is 11.4 Å². The zero-order chi connectivity index (χ0) is 14.4. The second-order valence-electron chi connectivity index (χ2n) is 5.43. The molecule has 0 saturated carbocycles. The topological polar surface area (TPSA) is 90.9 Å². The Morgan fingerprint density at radius 3 is 2.80 bits per heavy atom. The molecule has 1 atom stereocenters. The molecule has 3 heterocycles. The molecule has 106 valence electrons. The fourth-order valence-electron chi connectivity index (χ4n) is 2.54. The Balaban J connectivity index is 2.02. The molecule has 0 bridgehead atoms. The van der Waals surface area contributed by atoms with Crippen LogP contribution in [0.3, 0.4) is 0 Å². The second-order valence-corrected chi connectivity index (χ2v) is 7.62. The van der Waals surface area contributed by atoms with Crippen molar-refractivity contribution in [1.29, 1.82) is 0 Å². The van der Waals surface area contributed by atoms with Crippen molar-refractivity contribution < 1.29 is 8.42 Å². The van der Waals surface area contributed by atoms with E-state index in [1.54, 1.807) is 17.1 Å². The van der Waals surface area contributed by atoms with Crippen molar-refractivity contribution in [2.24, 2.45) is 0 Å². The number of aromatic nitrogens is 3. The number of anilines is 1. The lowest BCUT2D eigenvalue weighted by Gasteiger charge is -2.22. The quantitative estimate of drug-likeness (QED) is 0.893. The molecule has 20 heavy (non-hydrogen) atoms. The summed E-state index contributed by atoms with van der Waals surface area (Å²) >= 11 is 0. The first-order chi connectivity index (χ1) is 9.40. The van der Waals surface area contributed by atoms with E-state index in [4.69, 9.17) is 5.73 Å². The number of pyridine rings is 1. The third-order valence-corrected chi connectivity index (χ3v) is 5.57. The Morgan fingerprint density at radius 1 is 1.40 bits per heavy atom. The maximum Gasteiger partial charge on any atom is 0.152 e. The lowest BCUT2D eigenvalue weighted by Crippen LogP contribution is -2.31. The molecule has 7 heteroatoms. The third kappa shape index (κ3) is 2.18. The molecular weight excluding hydrogens is 276 g/mol. The van der Waals surface area contributed by atoms with Crippen LogP contribution in [-0.2, 0) is 15.4 Å². The number of rotatable bonds is 2. The van der Waals surface area contributed by atoms with E-state index < -0.39 is 15.4 Å². The van der Waals surface area contributed by atoms with Gasteiger partial charge in [-0.05, 0) is 25.5 Å². The Bertz CT molecular complexity index is 739. The van der Waals surface area contributed by atoms with Crippen LogP contribution in [0.25, 0.3) is 11.4 Å². The fourth-order valence-corrected chi connectivity index (χ4v) is 4.66. The molecule has 3 rings (SSSR count). The molecule has 0 aromatic carbocycles. The highest BCUT2D eigenvalue weighted by Gasteiger charge is 2.41. The normalized spacial score (nSPS) is 24.9. The number of hydrogen-bond acceptors (Lipinski definition) is 5. The van der Waals surface area contributed by atoms with Gasteiger partial charge in [-0.3, -0.25) is 9.67 Å². The minimum Gasteiger partial charge on any atom is -0.396 e. The largest absolute Gasteiger partial charge is 0.396 e. The molecule has 1 fully saturated rings. The van der Waals surface area contributed by atoms with Crippen LogP contribution < -0.4 is 5.73 Å². The van der Waals surface area contributed by atoms with Crippen molar-refractivity contribution in [3.05, 3.63) is 30.6 Å². The molecule has 0 amide bonds.